The molecule has 0 heterocycles. The van der Waals surface area contributed by atoms with E-state index in [0.717, 1.165) is 22.0 Å². The van der Waals surface area contributed by atoms with Crippen LogP contribution in [0.2, 0.25) is 5.02 Å². The highest BCUT2D eigenvalue weighted by Gasteiger charge is 2.20. The SMILES string of the molecule is Fc1ccccc1Sc1ccc(CNC2CC2)c(Cl)c1. The molecule has 0 unspecified atom stereocenters. The lowest BCUT2D eigenvalue weighted by atomic mass is 10.2. The molecule has 1 nitrogen and oxygen atoms in total. The first-order chi connectivity index (χ1) is 9.72. The van der Waals surface area contributed by atoms with Crippen molar-refractivity contribution >= 4 is 23.4 Å². The molecule has 0 aromatic heterocycles. The summed E-state index contributed by atoms with van der Waals surface area (Å²) in [7, 11) is 0. The van der Waals surface area contributed by atoms with Crippen LogP contribution < -0.4 is 5.32 Å². The molecule has 2 aromatic rings. The zero-order valence-electron chi connectivity index (χ0n) is 10.9. The van der Waals surface area contributed by atoms with Crippen molar-refractivity contribution in [2.24, 2.45) is 0 Å². The Labute approximate surface area is 127 Å². The third-order valence-corrected chi connectivity index (χ3v) is 4.64. The minimum absolute atomic E-state index is 0.201. The van der Waals surface area contributed by atoms with E-state index in [9.17, 15) is 4.39 Å². The molecule has 0 atom stereocenters. The van der Waals surface area contributed by atoms with Crippen LogP contribution >= 0.6 is 23.4 Å². The molecule has 104 valence electrons. The first kappa shape index (κ1) is 13.9. The molecule has 1 N–H and O–H groups in total. The summed E-state index contributed by atoms with van der Waals surface area (Å²) in [4.78, 5) is 1.57. The zero-order chi connectivity index (χ0) is 13.9. The molecule has 0 spiro atoms. The highest BCUT2D eigenvalue weighted by Crippen LogP contribution is 2.32. The molecule has 0 amide bonds. The average Bonchev–Trinajstić information content (AvgIpc) is 3.25. The summed E-state index contributed by atoms with van der Waals surface area (Å²) in [6.07, 6.45) is 2.53. The van der Waals surface area contributed by atoms with E-state index in [2.05, 4.69) is 5.32 Å². The first-order valence-electron chi connectivity index (χ1n) is 6.66. The van der Waals surface area contributed by atoms with E-state index in [-0.39, 0.29) is 5.82 Å². The Morgan fingerprint density at radius 3 is 2.70 bits per heavy atom. The lowest BCUT2D eigenvalue weighted by Gasteiger charge is -2.08. The van der Waals surface area contributed by atoms with Crippen molar-refractivity contribution in [3.05, 3.63) is 58.9 Å². The van der Waals surface area contributed by atoms with Crippen LogP contribution in [0.25, 0.3) is 0 Å². The Hall–Kier alpha value is -1.03. The highest BCUT2D eigenvalue weighted by atomic mass is 35.5. The van der Waals surface area contributed by atoms with Crippen LogP contribution in [0.4, 0.5) is 4.39 Å². The maximum absolute atomic E-state index is 13.6. The van der Waals surface area contributed by atoms with Gasteiger partial charge in [0.2, 0.25) is 0 Å². The van der Waals surface area contributed by atoms with Gasteiger partial charge in [0.25, 0.3) is 0 Å². The quantitative estimate of drug-likeness (QED) is 0.844. The van der Waals surface area contributed by atoms with Gasteiger partial charge in [0.05, 0.1) is 0 Å². The Balaban J connectivity index is 1.71. The molecule has 20 heavy (non-hydrogen) atoms. The van der Waals surface area contributed by atoms with Crippen LogP contribution in [0.5, 0.6) is 0 Å². The van der Waals surface area contributed by atoms with Gasteiger partial charge in [-0.05, 0) is 42.7 Å². The first-order valence-corrected chi connectivity index (χ1v) is 7.86. The van der Waals surface area contributed by atoms with Gasteiger partial charge in [-0.15, -0.1) is 0 Å². The molecule has 0 saturated heterocycles. The molecular formula is C16H15ClFNS. The standard InChI is InChI=1S/C16H15ClFNS/c17-14-9-13(20-16-4-2-1-3-15(16)18)8-5-11(14)10-19-12-6-7-12/h1-5,8-9,12,19H,6-7,10H2. The van der Waals surface area contributed by atoms with E-state index in [1.807, 2.05) is 24.3 Å². The summed E-state index contributed by atoms with van der Waals surface area (Å²) >= 11 is 7.69. The van der Waals surface area contributed by atoms with Crippen molar-refractivity contribution < 1.29 is 4.39 Å². The fourth-order valence-electron chi connectivity index (χ4n) is 1.93. The van der Waals surface area contributed by atoms with Crippen molar-refractivity contribution in [3.8, 4) is 0 Å². The molecule has 0 bridgehead atoms. The summed E-state index contributed by atoms with van der Waals surface area (Å²) in [6.45, 7) is 0.800. The van der Waals surface area contributed by atoms with Crippen molar-refractivity contribution in [2.75, 3.05) is 0 Å². The molecule has 3 rings (SSSR count). The van der Waals surface area contributed by atoms with Gasteiger partial charge in [0.1, 0.15) is 5.82 Å². The van der Waals surface area contributed by atoms with Gasteiger partial charge in [-0.2, -0.15) is 0 Å². The molecule has 0 radical (unpaired) electrons. The van der Waals surface area contributed by atoms with Crippen LogP contribution in [-0.4, -0.2) is 6.04 Å². The maximum atomic E-state index is 13.6. The van der Waals surface area contributed by atoms with Crippen LogP contribution in [0.3, 0.4) is 0 Å². The van der Waals surface area contributed by atoms with Gasteiger partial charge in [-0.3, -0.25) is 0 Å². The van der Waals surface area contributed by atoms with E-state index in [1.165, 1.54) is 30.7 Å². The summed E-state index contributed by atoms with van der Waals surface area (Å²) in [5.74, 6) is -0.201. The van der Waals surface area contributed by atoms with E-state index in [4.69, 9.17) is 11.6 Å². The normalized spacial score (nSPS) is 14.5. The van der Waals surface area contributed by atoms with E-state index < -0.39 is 0 Å². The Bertz CT molecular complexity index is 613. The molecule has 1 aliphatic carbocycles. The average molecular weight is 308 g/mol. The minimum atomic E-state index is -0.201. The number of benzene rings is 2. The van der Waals surface area contributed by atoms with Gasteiger partial charge in [-0.25, -0.2) is 4.39 Å². The van der Waals surface area contributed by atoms with E-state index >= 15 is 0 Å². The van der Waals surface area contributed by atoms with Crippen LogP contribution in [0.1, 0.15) is 18.4 Å². The Morgan fingerprint density at radius 1 is 1.20 bits per heavy atom. The van der Waals surface area contributed by atoms with Gasteiger partial charge >= 0.3 is 0 Å². The van der Waals surface area contributed by atoms with Gasteiger partial charge in [0.15, 0.2) is 0 Å². The summed E-state index contributed by atoms with van der Waals surface area (Å²) in [6, 6.07) is 13.4. The van der Waals surface area contributed by atoms with Crippen molar-refractivity contribution in [1.29, 1.82) is 0 Å². The zero-order valence-corrected chi connectivity index (χ0v) is 12.5. The molecule has 1 aliphatic rings. The fourth-order valence-corrected chi connectivity index (χ4v) is 3.12. The minimum Gasteiger partial charge on any atom is -0.310 e. The topological polar surface area (TPSA) is 12.0 Å². The second kappa shape index (κ2) is 6.17. The lowest BCUT2D eigenvalue weighted by Crippen LogP contribution is -2.15. The molecule has 4 heteroatoms. The van der Waals surface area contributed by atoms with Crippen LogP contribution in [0.15, 0.2) is 52.3 Å². The fraction of sp³-hybridized carbons (Fsp3) is 0.250. The van der Waals surface area contributed by atoms with Crippen molar-refractivity contribution in [2.45, 2.75) is 35.2 Å². The number of halogens is 2. The predicted molar refractivity (Wildman–Crippen MR) is 81.8 cm³/mol. The van der Waals surface area contributed by atoms with Crippen LogP contribution in [0, 0.1) is 5.82 Å². The molecule has 2 aromatic carbocycles. The summed E-state index contributed by atoms with van der Waals surface area (Å²) in [5, 5.41) is 4.18. The van der Waals surface area contributed by atoms with Crippen molar-refractivity contribution in [1.82, 2.24) is 5.32 Å². The van der Waals surface area contributed by atoms with E-state index in [1.54, 1.807) is 12.1 Å². The number of nitrogens with one attached hydrogen (secondary N) is 1. The summed E-state index contributed by atoms with van der Waals surface area (Å²) < 4.78 is 13.6. The second-order valence-corrected chi connectivity index (χ2v) is 6.46. The number of hydrogen-bond acceptors (Lipinski definition) is 2. The largest absolute Gasteiger partial charge is 0.310 e. The van der Waals surface area contributed by atoms with Gasteiger partial charge < -0.3 is 5.32 Å². The van der Waals surface area contributed by atoms with Crippen molar-refractivity contribution in [3.63, 3.8) is 0 Å². The molecule has 1 saturated carbocycles. The van der Waals surface area contributed by atoms with Gasteiger partial charge in [0, 0.05) is 27.4 Å². The van der Waals surface area contributed by atoms with Crippen LogP contribution in [-0.2, 0) is 6.54 Å². The molecular weight excluding hydrogens is 293 g/mol. The number of hydrogen-bond donors (Lipinski definition) is 1. The predicted octanol–water partition coefficient (Wildman–Crippen LogP) is 4.88. The second-order valence-electron chi connectivity index (χ2n) is 4.94. The molecule has 1 fully saturated rings. The molecule has 0 aliphatic heterocycles. The van der Waals surface area contributed by atoms with Gasteiger partial charge in [-0.1, -0.05) is 41.6 Å². The third kappa shape index (κ3) is 3.54. The number of rotatable bonds is 5. The Kier molecular flexibility index (Phi) is 4.29. The lowest BCUT2D eigenvalue weighted by molar-refractivity contribution is 0.602. The van der Waals surface area contributed by atoms with E-state index in [0.29, 0.717) is 10.9 Å². The maximum Gasteiger partial charge on any atom is 0.137 e. The monoisotopic (exact) mass is 307 g/mol. The summed E-state index contributed by atoms with van der Waals surface area (Å²) in [5.41, 5.74) is 1.09. The smallest absolute Gasteiger partial charge is 0.137 e. The highest BCUT2D eigenvalue weighted by molar-refractivity contribution is 7.99. The third-order valence-electron chi connectivity index (χ3n) is 3.25. The Morgan fingerprint density at radius 2 is 2.00 bits per heavy atom.